The second-order valence-corrected chi connectivity index (χ2v) is 4.00. The summed E-state index contributed by atoms with van der Waals surface area (Å²) < 4.78 is 6.45. The van der Waals surface area contributed by atoms with E-state index in [4.69, 9.17) is 4.74 Å². The van der Waals surface area contributed by atoms with E-state index < -0.39 is 5.97 Å². The molecular formula is C13H15N3O2. The van der Waals surface area contributed by atoms with Crippen molar-refractivity contribution < 1.29 is 9.53 Å². The van der Waals surface area contributed by atoms with Crippen LogP contribution in [0.1, 0.15) is 23.0 Å². The fourth-order valence-corrected chi connectivity index (χ4v) is 1.69. The Morgan fingerprint density at radius 1 is 1.33 bits per heavy atom. The topological polar surface area (TPSA) is 57.0 Å². The standard InChI is InChI=1S/C13H15N3O2/c1-4-18-13(17)12-11(14-15-16(12)3)10-7-5-9(2)6-8-10/h5-8H,4H2,1-3H3. The molecular weight excluding hydrogens is 230 g/mol. The summed E-state index contributed by atoms with van der Waals surface area (Å²) in [6.45, 7) is 4.11. The number of aromatic nitrogens is 3. The van der Waals surface area contributed by atoms with Crippen molar-refractivity contribution in [2.24, 2.45) is 7.05 Å². The molecule has 0 aliphatic carbocycles. The van der Waals surface area contributed by atoms with Crippen LogP contribution in [0.4, 0.5) is 0 Å². The van der Waals surface area contributed by atoms with Gasteiger partial charge >= 0.3 is 5.97 Å². The van der Waals surface area contributed by atoms with E-state index in [2.05, 4.69) is 10.3 Å². The first kappa shape index (κ1) is 12.3. The van der Waals surface area contributed by atoms with E-state index in [0.717, 1.165) is 11.1 Å². The molecule has 18 heavy (non-hydrogen) atoms. The van der Waals surface area contributed by atoms with Crippen LogP contribution < -0.4 is 0 Å². The molecule has 1 aromatic carbocycles. The number of nitrogens with zero attached hydrogens (tertiary/aromatic N) is 3. The van der Waals surface area contributed by atoms with E-state index in [0.29, 0.717) is 18.0 Å². The normalized spacial score (nSPS) is 10.4. The second-order valence-electron chi connectivity index (χ2n) is 4.00. The van der Waals surface area contributed by atoms with Gasteiger partial charge in [-0.25, -0.2) is 9.48 Å². The molecule has 0 unspecified atom stereocenters. The van der Waals surface area contributed by atoms with Crippen molar-refractivity contribution in [1.82, 2.24) is 15.0 Å². The number of carbonyl (C=O) groups excluding carboxylic acids is 1. The molecule has 1 heterocycles. The first-order valence-electron chi connectivity index (χ1n) is 5.77. The average Bonchev–Trinajstić information content (AvgIpc) is 2.72. The lowest BCUT2D eigenvalue weighted by atomic mass is 10.1. The molecule has 2 rings (SSSR count). The molecule has 0 N–H and O–H groups in total. The van der Waals surface area contributed by atoms with Crippen LogP contribution >= 0.6 is 0 Å². The number of hydrogen-bond acceptors (Lipinski definition) is 4. The monoisotopic (exact) mass is 245 g/mol. The van der Waals surface area contributed by atoms with Crippen LogP contribution in [0.2, 0.25) is 0 Å². The van der Waals surface area contributed by atoms with Crippen molar-refractivity contribution >= 4 is 5.97 Å². The molecule has 0 aliphatic heterocycles. The molecule has 5 nitrogen and oxygen atoms in total. The van der Waals surface area contributed by atoms with Gasteiger partial charge in [-0.3, -0.25) is 0 Å². The Morgan fingerprint density at radius 2 is 2.00 bits per heavy atom. The van der Waals surface area contributed by atoms with Gasteiger partial charge in [0.05, 0.1) is 6.61 Å². The molecule has 0 atom stereocenters. The first-order chi connectivity index (χ1) is 8.63. The predicted molar refractivity (Wildman–Crippen MR) is 67.1 cm³/mol. The van der Waals surface area contributed by atoms with E-state index in [9.17, 15) is 4.79 Å². The molecule has 2 aromatic rings. The molecule has 0 radical (unpaired) electrons. The fraction of sp³-hybridized carbons (Fsp3) is 0.308. The van der Waals surface area contributed by atoms with E-state index >= 15 is 0 Å². The largest absolute Gasteiger partial charge is 0.461 e. The van der Waals surface area contributed by atoms with Gasteiger partial charge in [0.15, 0.2) is 5.69 Å². The lowest BCUT2D eigenvalue weighted by Crippen LogP contribution is -2.11. The van der Waals surface area contributed by atoms with E-state index in [1.165, 1.54) is 4.68 Å². The molecule has 5 heteroatoms. The van der Waals surface area contributed by atoms with Crippen LogP contribution in [0.3, 0.4) is 0 Å². The van der Waals surface area contributed by atoms with Crippen molar-refractivity contribution in [3.63, 3.8) is 0 Å². The first-order valence-corrected chi connectivity index (χ1v) is 5.77. The summed E-state index contributed by atoms with van der Waals surface area (Å²) in [6, 6.07) is 7.78. The molecule has 0 saturated carbocycles. The van der Waals surface area contributed by atoms with Gasteiger partial charge in [0.2, 0.25) is 0 Å². The Balaban J connectivity index is 2.45. The number of aryl methyl sites for hydroxylation is 2. The summed E-state index contributed by atoms with van der Waals surface area (Å²) in [5.74, 6) is -0.402. The minimum Gasteiger partial charge on any atom is -0.461 e. The number of carbonyl (C=O) groups is 1. The maximum Gasteiger partial charge on any atom is 0.358 e. The van der Waals surface area contributed by atoms with Crippen LogP contribution in [-0.4, -0.2) is 27.6 Å². The Bertz CT molecular complexity index is 558. The molecule has 0 spiro atoms. The van der Waals surface area contributed by atoms with Gasteiger partial charge in [-0.05, 0) is 13.8 Å². The van der Waals surface area contributed by atoms with Crippen molar-refractivity contribution in [2.75, 3.05) is 6.61 Å². The van der Waals surface area contributed by atoms with E-state index in [-0.39, 0.29) is 0 Å². The van der Waals surface area contributed by atoms with Crippen LogP contribution in [0, 0.1) is 6.92 Å². The van der Waals surface area contributed by atoms with Crippen molar-refractivity contribution in [3.05, 3.63) is 35.5 Å². The molecule has 94 valence electrons. The van der Waals surface area contributed by atoms with Crippen LogP contribution in [0.5, 0.6) is 0 Å². The highest BCUT2D eigenvalue weighted by Gasteiger charge is 2.20. The third-order valence-electron chi connectivity index (χ3n) is 2.62. The highest BCUT2D eigenvalue weighted by Crippen LogP contribution is 2.21. The molecule has 0 amide bonds. The minimum absolute atomic E-state index is 0.331. The lowest BCUT2D eigenvalue weighted by Gasteiger charge is -2.04. The van der Waals surface area contributed by atoms with Crippen molar-refractivity contribution in [2.45, 2.75) is 13.8 Å². The zero-order chi connectivity index (χ0) is 13.1. The summed E-state index contributed by atoms with van der Waals surface area (Å²) in [7, 11) is 1.68. The van der Waals surface area contributed by atoms with Gasteiger partial charge in [-0.1, -0.05) is 35.0 Å². The van der Waals surface area contributed by atoms with E-state index in [1.807, 2.05) is 31.2 Å². The summed E-state index contributed by atoms with van der Waals surface area (Å²) in [5, 5.41) is 7.92. The smallest absolute Gasteiger partial charge is 0.358 e. The Hall–Kier alpha value is -2.17. The predicted octanol–water partition coefficient (Wildman–Crippen LogP) is 1.97. The molecule has 0 saturated heterocycles. The number of hydrogen-bond donors (Lipinski definition) is 0. The molecule has 0 fully saturated rings. The Labute approximate surface area is 105 Å². The zero-order valence-corrected chi connectivity index (χ0v) is 10.7. The maximum atomic E-state index is 11.9. The third kappa shape index (κ3) is 2.25. The summed E-state index contributed by atoms with van der Waals surface area (Å²) in [6.07, 6.45) is 0. The zero-order valence-electron chi connectivity index (χ0n) is 10.7. The van der Waals surface area contributed by atoms with E-state index in [1.54, 1.807) is 14.0 Å². The van der Waals surface area contributed by atoms with Crippen LogP contribution in [0.15, 0.2) is 24.3 Å². The number of benzene rings is 1. The third-order valence-corrected chi connectivity index (χ3v) is 2.62. The van der Waals surface area contributed by atoms with Gasteiger partial charge in [0, 0.05) is 12.6 Å². The van der Waals surface area contributed by atoms with Crippen molar-refractivity contribution in [1.29, 1.82) is 0 Å². The van der Waals surface area contributed by atoms with Crippen LogP contribution in [0.25, 0.3) is 11.3 Å². The minimum atomic E-state index is -0.402. The van der Waals surface area contributed by atoms with Crippen molar-refractivity contribution in [3.8, 4) is 11.3 Å². The lowest BCUT2D eigenvalue weighted by molar-refractivity contribution is 0.0514. The highest BCUT2D eigenvalue weighted by atomic mass is 16.5. The average molecular weight is 245 g/mol. The maximum absolute atomic E-state index is 11.9. The van der Waals surface area contributed by atoms with Gasteiger partial charge in [-0.2, -0.15) is 0 Å². The Kier molecular flexibility index (Phi) is 3.41. The van der Waals surface area contributed by atoms with Crippen LogP contribution in [-0.2, 0) is 11.8 Å². The Morgan fingerprint density at radius 3 is 2.61 bits per heavy atom. The SMILES string of the molecule is CCOC(=O)c1c(-c2ccc(C)cc2)nnn1C. The van der Waals surface area contributed by atoms with Gasteiger partial charge < -0.3 is 4.74 Å². The van der Waals surface area contributed by atoms with Gasteiger partial charge in [0.1, 0.15) is 5.69 Å². The molecule has 0 bridgehead atoms. The number of ether oxygens (including phenoxy) is 1. The van der Waals surface area contributed by atoms with Gasteiger partial charge in [0.25, 0.3) is 0 Å². The summed E-state index contributed by atoms with van der Waals surface area (Å²) >= 11 is 0. The summed E-state index contributed by atoms with van der Waals surface area (Å²) in [4.78, 5) is 11.9. The quantitative estimate of drug-likeness (QED) is 0.776. The fourth-order valence-electron chi connectivity index (χ4n) is 1.69. The number of rotatable bonds is 3. The second kappa shape index (κ2) is 5.00. The van der Waals surface area contributed by atoms with Gasteiger partial charge in [-0.15, -0.1) is 5.10 Å². The summed E-state index contributed by atoms with van der Waals surface area (Å²) in [5.41, 5.74) is 2.94. The molecule has 0 aliphatic rings. The highest BCUT2D eigenvalue weighted by molar-refractivity contribution is 5.94. The molecule has 1 aromatic heterocycles. The number of esters is 1.